The van der Waals surface area contributed by atoms with E-state index in [2.05, 4.69) is 10.5 Å². The molecule has 0 saturated carbocycles. The third-order valence-electron chi connectivity index (χ3n) is 3.63. The van der Waals surface area contributed by atoms with Crippen molar-refractivity contribution in [1.82, 2.24) is 5.43 Å². The van der Waals surface area contributed by atoms with E-state index in [0.717, 1.165) is 16.7 Å². The molecular formula is C21H18N2O3. The Hall–Kier alpha value is -3.60. The normalized spacial score (nSPS) is 10.6. The standard InChI is InChI=1S/C21H18N2O3/c24-19-10-6-16(7-11-19)14-22-23-21(25)15-26-20-12-8-18(9-13-20)17-4-2-1-3-5-17/h1-14,24H,15H2,(H,23,25). The van der Waals surface area contributed by atoms with E-state index in [1.807, 2.05) is 54.6 Å². The fourth-order valence-corrected chi connectivity index (χ4v) is 2.29. The molecule has 0 atom stereocenters. The number of carbonyl (C=O) groups excluding carboxylic acids is 1. The Bertz CT molecular complexity index is 873. The third-order valence-corrected chi connectivity index (χ3v) is 3.63. The summed E-state index contributed by atoms with van der Waals surface area (Å²) in [7, 11) is 0. The van der Waals surface area contributed by atoms with Crippen LogP contribution in [0, 0.1) is 0 Å². The van der Waals surface area contributed by atoms with Crippen LogP contribution in [0.15, 0.2) is 84.0 Å². The molecular weight excluding hydrogens is 328 g/mol. The average Bonchev–Trinajstić information content (AvgIpc) is 2.69. The highest BCUT2D eigenvalue weighted by molar-refractivity contribution is 5.83. The molecule has 3 rings (SSSR count). The number of nitrogens with zero attached hydrogens (tertiary/aromatic N) is 1. The highest BCUT2D eigenvalue weighted by Crippen LogP contribution is 2.21. The van der Waals surface area contributed by atoms with Gasteiger partial charge in [-0.2, -0.15) is 5.10 Å². The van der Waals surface area contributed by atoms with Gasteiger partial charge in [0.05, 0.1) is 6.21 Å². The van der Waals surface area contributed by atoms with Gasteiger partial charge in [0.25, 0.3) is 5.91 Å². The van der Waals surface area contributed by atoms with Gasteiger partial charge in [0.1, 0.15) is 11.5 Å². The van der Waals surface area contributed by atoms with Crippen LogP contribution in [-0.2, 0) is 4.79 Å². The number of ether oxygens (including phenoxy) is 1. The second kappa shape index (κ2) is 8.48. The number of benzene rings is 3. The monoisotopic (exact) mass is 346 g/mol. The molecule has 5 nitrogen and oxygen atoms in total. The van der Waals surface area contributed by atoms with Gasteiger partial charge in [-0.05, 0) is 53.1 Å². The van der Waals surface area contributed by atoms with E-state index in [-0.39, 0.29) is 18.3 Å². The van der Waals surface area contributed by atoms with Gasteiger partial charge < -0.3 is 9.84 Å². The number of hydrogen-bond donors (Lipinski definition) is 2. The summed E-state index contributed by atoms with van der Waals surface area (Å²) < 4.78 is 5.46. The first-order valence-electron chi connectivity index (χ1n) is 8.10. The van der Waals surface area contributed by atoms with Gasteiger partial charge in [0.15, 0.2) is 6.61 Å². The first kappa shape index (κ1) is 17.2. The van der Waals surface area contributed by atoms with Gasteiger partial charge in [-0.15, -0.1) is 0 Å². The molecule has 130 valence electrons. The van der Waals surface area contributed by atoms with Crippen LogP contribution in [0.5, 0.6) is 11.5 Å². The van der Waals surface area contributed by atoms with Crippen molar-refractivity contribution in [2.24, 2.45) is 5.10 Å². The van der Waals surface area contributed by atoms with Crippen molar-refractivity contribution in [2.75, 3.05) is 6.61 Å². The lowest BCUT2D eigenvalue weighted by Crippen LogP contribution is -2.24. The van der Waals surface area contributed by atoms with E-state index >= 15 is 0 Å². The van der Waals surface area contributed by atoms with E-state index in [1.54, 1.807) is 24.3 Å². The number of amides is 1. The second-order valence-corrected chi connectivity index (χ2v) is 5.56. The maximum absolute atomic E-state index is 11.8. The summed E-state index contributed by atoms with van der Waals surface area (Å²) in [5, 5.41) is 13.1. The Morgan fingerprint density at radius 2 is 1.58 bits per heavy atom. The number of hydrazone groups is 1. The smallest absolute Gasteiger partial charge is 0.277 e. The minimum Gasteiger partial charge on any atom is -0.508 e. The number of carbonyl (C=O) groups is 1. The number of aromatic hydroxyl groups is 1. The number of hydrogen-bond acceptors (Lipinski definition) is 4. The molecule has 0 bridgehead atoms. The molecule has 0 unspecified atom stereocenters. The number of phenols is 1. The fourth-order valence-electron chi connectivity index (χ4n) is 2.29. The zero-order chi connectivity index (χ0) is 18.2. The molecule has 0 aliphatic rings. The summed E-state index contributed by atoms with van der Waals surface area (Å²) in [5.41, 5.74) is 5.37. The lowest BCUT2D eigenvalue weighted by Gasteiger charge is -2.06. The highest BCUT2D eigenvalue weighted by atomic mass is 16.5. The zero-order valence-electron chi connectivity index (χ0n) is 14.0. The summed E-state index contributed by atoms with van der Waals surface area (Å²) in [6, 6.07) is 24.1. The van der Waals surface area contributed by atoms with Crippen LogP contribution in [0.1, 0.15) is 5.56 Å². The molecule has 2 N–H and O–H groups in total. The van der Waals surface area contributed by atoms with Crippen LogP contribution in [0.2, 0.25) is 0 Å². The lowest BCUT2D eigenvalue weighted by atomic mass is 10.1. The first-order chi connectivity index (χ1) is 12.7. The Labute approximate surface area is 151 Å². The van der Waals surface area contributed by atoms with Crippen LogP contribution in [0.25, 0.3) is 11.1 Å². The molecule has 0 aliphatic heterocycles. The predicted octanol–water partition coefficient (Wildman–Crippen LogP) is 3.59. The number of rotatable bonds is 6. The van der Waals surface area contributed by atoms with Crippen molar-refractivity contribution in [3.05, 3.63) is 84.4 Å². The molecule has 5 heteroatoms. The molecule has 0 heterocycles. The van der Waals surface area contributed by atoms with Gasteiger partial charge in [-0.25, -0.2) is 5.43 Å². The van der Waals surface area contributed by atoms with Crippen molar-refractivity contribution in [3.8, 4) is 22.6 Å². The van der Waals surface area contributed by atoms with Gasteiger partial charge >= 0.3 is 0 Å². The first-order valence-corrected chi connectivity index (χ1v) is 8.10. The second-order valence-electron chi connectivity index (χ2n) is 5.56. The predicted molar refractivity (Wildman–Crippen MR) is 101 cm³/mol. The van der Waals surface area contributed by atoms with Gasteiger partial charge in [-0.1, -0.05) is 42.5 Å². The SMILES string of the molecule is O=C(COc1ccc(-c2ccccc2)cc1)NN=Cc1ccc(O)cc1. The molecule has 26 heavy (non-hydrogen) atoms. The molecule has 0 radical (unpaired) electrons. The van der Waals surface area contributed by atoms with Crippen molar-refractivity contribution in [3.63, 3.8) is 0 Å². The Kier molecular flexibility index (Phi) is 5.62. The molecule has 0 spiro atoms. The number of phenolic OH excluding ortho intramolecular Hbond substituents is 1. The largest absolute Gasteiger partial charge is 0.508 e. The molecule has 0 aliphatic carbocycles. The molecule has 3 aromatic carbocycles. The van der Waals surface area contributed by atoms with Crippen LogP contribution >= 0.6 is 0 Å². The zero-order valence-corrected chi connectivity index (χ0v) is 14.0. The van der Waals surface area contributed by atoms with E-state index < -0.39 is 0 Å². The quantitative estimate of drug-likeness (QED) is 0.529. The minimum absolute atomic E-state index is 0.127. The summed E-state index contributed by atoms with van der Waals surface area (Å²) in [6.45, 7) is -0.127. The third kappa shape index (κ3) is 4.95. The van der Waals surface area contributed by atoms with Crippen LogP contribution in [0.3, 0.4) is 0 Å². The number of nitrogens with one attached hydrogen (secondary N) is 1. The minimum atomic E-state index is -0.354. The lowest BCUT2D eigenvalue weighted by molar-refractivity contribution is -0.123. The van der Waals surface area contributed by atoms with E-state index in [4.69, 9.17) is 4.74 Å². The van der Waals surface area contributed by atoms with E-state index in [0.29, 0.717) is 5.75 Å². The summed E-state index contributed by atoms with van der Waals surface area (Å²) in [6.07, 6.45) is 1.49. The maximum Gasteiger partial charge on any atom is 0.277 e. The molecule has 0 saturated heterocycles. The summed E-state index contributed by atoms with van der Waals surface area (Å²) in [5.74, 6) is 0.437. The average molecular weight is 346 g/mol. The van der Waals surface area contributed by atoms with Crippen molar-refractivity contribution in [2.45, 2.75) is 0 Å². The Morgan fingerprint density at radius 1 is 0.923 bits per heavy atom. The highest BCUT2D eigenvalue weighted by Gasteiger charge is 2.02. The van der Waals surface area contributed by atoms with Gasteiger partial charge in [-0.3, -0.25) is 4.79 Å². The summed E-state index contributed by atoms with van der Waals surface area (Å²) >= 11 is 0. The summed E-state index contributed by atoms with van der Waals surface area (Å²) in [4.78, 5) is 11.8. The Balaban J connectivity index is 1.47. The van der Waals surface area contributed by atoms with Crippen LogP contribution < -0.4 is 10.2 Å². The topological polar surface area (TPSA) is 70.9 Å². The fraction of sp³-hybridized carbons (Fsp3) is 0.0476. The molecule has 0 aromatic heterocycles. The van der Waals surface area contributed by atoms with Gasteiger partial charge in [0, 0.05) is 0 Å². The van der Waals surface area contributed by atoms with E-state index in [1.165, 1.54) is 6.21 Å². The van der Waals surface area contributed by atoms with Crippen molar-refractivity contribution < 1.29 is 14.6 Å². The maximum atomic E-state index is 11.8. The Morgan fingerprint density at radius 3 is 2.27 bits per heavy atom. The molecule has 1 amide bonds. The molecule has 3 aromatic rings. The van der Waals surface area contributed by atoms with Gasteiger partial charge in [0.2, 0.25) is 0 Å². The van der Waals surface area contributed by atoms with Crippen molar-refractivity contribution in [1.29, 1.82) is 0 Å². The molecule has 0 fully saturated rings. The van der Waals surface area contributed by atoms with E-state index in [9.17, 15) is 9.90 Å². The van der Waals surface area contributed by atoms with Crippen LogP contribution in [-0.4, -0.2) is 23.8 Å². The van der Waals surface area contributed by atoms with Crippen LogP contribution in [0.4, 0.5) is 0 Å². The van der Waals surface area contributed by atoms with Crippen molar-refractivity contribution >= 4 is 12.1 Å².